The lowest BCUT2D eigenvalue weighted by Crippen LogP contribution is -2.15. The molecule has 0 spiro atoms. The fraction of sp³-hybridized carbons (Fsp3) is 0.364. The number of hydrogen-bond acceptors (Lipinski definition) is 4. The average Bonchev–Trinajstić information content (AvgIpc) is 2.31. The first-order valence-electron chi connectivity index (χ1n) is 5.43. The molecule has 0 aliphatic heterocycles. The number of carbonyl (C=O) groups excluding carboxylic acids is 1. The number of anilines is 1. The van der Waals surface area contributed by atoms with Crippen LogP contribution in [-0.2, 0) is 4.79 Å². The van der Waals surface area contributed by atoms with Gasteiger partial charge in [-0.05, 0) is 32.1 Å². The number of nitrogens with zero attached hydrogens (tertiary/aromatic N) is 1. The second kappa shape index (κ2) is 6.93. The highest BCUT2D eigenvalue weighted by molar-refractivity contribution is 6.31. The molecule has 1 amide bonds. The zero-order valence-electron chi connectivity index (χ0n) is 9.90. The molecule has 6 nitrogen and oxygen atoms in total. The van der Waals surface area contributed by atoms with Crippen LogP contribution in [-0.4, -0.2) is 24.4 Å². The Morgan fingerprint density at radius 2 is 2.22 bits per heavy atom. The summed E-state index contributed by atoms with van der Waals surface area (Å²) in [6, 6.07) is 4.14. The first-order valence-corrected chi connectivity index (χ1v) is 5.80. The predicted octanol–water partition coefficient (Wildman–Crippen LogP) is 2.19. The summed E-state index contributed by atoms with van der Waals surface area (Å²) in [6.07, 6.45) is 0.977. The van der Waals surface area contributed by atoms with Gasteiger partial charge in [-0.3, -0.25) is 14.9 Å². The molecule has 1 aromatic rings. The summed E-state index contributed by atoms with van der Waals surface area (Å²) in [5.74, 6) is -0.254. The summed E-state index contributed by atoms with van der Waals surface area (Å²) in [7, 11) is 1.79. The number of halogens is 1. The summed E-state index contributed by atoms with van der Waals surface area (Å²) in [6.45, 7) is 0.718. The molecule has 1 rings (SSSR count). The van der Waals surface area contributed by atoms with E-state index in [-0.39, 0.29) is 22.3 Å². The monoisotopic (exact) mass is 271 g/mol. The molecule has 0 unspecified atom stereocenters. The van der Waals surface area contributed by atoms with Gasteiger partial charge in [-0.2, -0.15) is 0 Å². The fourth-order valence-corrected chi connectivity index (χ4v) is 1.57. The van der Waals surface area contributed by atoms with E-state index in [2.05, 4.69) is 10.6 Å². The molecule has 7 heteroatoms. The molecule has 0 saturated carbocycles. The van der Waals surface area contributed by atoms with Gasteiger partial charge >= 0.3 is 0 Å². The van der Waals surface area contributed by atoms with Gasteiger partial charge in [0.05, 0.1) is 4.92 Å². The summed E-state index contributed by atoms with van der Waals surface area (Å²) in [4.78, 5) is 21.8. The Balaban J connectivity index is 2.72. The molecule has 2 N–H and O–H groups in total. The molecule has 0 aliphatic rings. The van der Waals surface area contributed by atoms with Gasteiger partial charge in [0.15, 0.2) is 0 Å². The molecule has 0 heterocycles. The molecule has 1 aromatic carbocycles. The third-order valence-electron chi connectivity index (χ3n) is 2.26. The highest BCUT2D eigenvalue weighted by atomic mass is 35.5. The van der Waals surface area contributed by atoms with Crippen LogP contribution in [0.5, 0.6) is 0 Å². The van der Waals surface area contributed by atoms with Crippen LogP contribution in [0.1, 0.15) is 12.8 Å². The maximum absolute atomic E-state index is 11.6. The van der Waals surface area contributed by atoms with Crippen molar-refractivity contribution < 1.29 is 9.72 Å². The Kier molecular flexibility index (Phi) is 5.54. The van der Waals surface area contributed by atoms with Crippen molar-refractivity contribution in [2.24, 2.45) is 0 Å². The smallest absolute Gasteiger partial charge is 0.294 e. The van der Waals surface area contributed by atoms with Crippen LogP contribution in [0, 0.1) is 10.1 Å². The van der Waals surface area contributed by atoms with E-state index in [9.17, 15) is 14.9 Å². The van der Waals surface area contributed by atoms with Gasteiger partial charge in [0.1, 0.15) is 5.69 Å². The number of nitrogens with one attached hydrogen (secondary N) is 2. The van der Waals surface area contributed by atoms with Crippen molar-refractivity contribution in [1.29, 1.82) is 0 Å². The molecular formula is C11H14ClN3O3. The fourth-order valence-electron chi connectivity index (χ4n) is 1.40. The first kappa shape index (κ1) is 14.4. The molecule has 0 aromatic heterocycles. The largest absolute Gasteiger partial charge is 0.320 e. The number of carbonyl (C=O) groups is 1. The van der Waals surface area contributed by atoms with Crippen LogP contribution in [0.3, 0.4) is 0 Å². The van der Waals surface area contributed by atoms with E-state index in [1.807, 2.05) is 0 Å². The predicted molar refractivity (Wildman–Crippen MR) is 69.9 cm³/mol. The Morgan fingerprint density at radius 1 is 1.50 bits per heavy atom. The van der Waals surface area contributed by atoms with Gasteiger partial charge in [-0.25, -0.2) is 0 Å². The van der Waals surface area contributed by atoms with E-state index < -0.39 is 4.92 Å². The van der Waals surface area contributed by atoms with Gasteiger partial charge in [-0.1, -0.05) is 11.6 Å². The maximum Gasteiger partial charge on any atom is 0.294 e. The van der Waals surface area contributed by atoms with E-state index >= 15 is 0 Å². The molecule has 0 radical (unpaired) electrons. The lowest BCUT2D eigenvalue weighted by Gasteiger charge is -2.06. The number of benzene rings is 1. The zero-order valence-corrected chi connectivity index (χ0v) is 10.7. The second-order valence-corrected chi connectivity index (χ2v) is 4.11. The average molecular weight is 272 g/mol. The molecule has 0 atom stereocenters. The lowest BCUT2D eigenvalue weighted by atomic mass is 10.2. The molecule has 0 aliphatic carbocycles. The summed E-state index contributed by atoms with van der Waals surface area (Å²) >= 11 is 5.67. The van der Waals surface area contributed by atoms with Crippen molar-refractivity contribution in [3.8, 4) is 0 Å². The number of nitro groups is 1. The molecule has 0 bridgehead atoms. The minimum absolute atomic E-state index is 0.166. The third kappa shape index (κ3) is 4.31. The highest BCUT2D eigenvalue weighted by Crippen LogP contribution is 2.27. The standard InChI is InChI=1S/C11H14ClN3O3/c1-13-6-2-3-11(16)14-9-5-4-8(12)7-10(9)15(17)18/h4-5,7,13H,2-3,6H2,1H3,(H,14,16). The van der Waals surface area contributed by atoms with Gasteiger partial charge in [0, 0.05) is 17.5 Å². The Morgan fingerprint density at radius 3 is 2.83 bits per heavy atom. The summed E-state index contributed by atoms with van der Waals surface area (Å²) < 4.78 is 0. The van der Waals surface area contributed by atoms with Crippen molar-refractivity contribution >= 4 is 28.9 Å². The van der Waals surface area contributed by atoms with E-state index in [1.165, 1.54) is 18.2 Å². The number of hydrogen-bond donors (Lipinski definition) is 2. The number of amides is 1. The van der Waals surface area contributed by atoms with E-state index in [0.29, 0.717) is 12.8 Å². The number of rotatable bonds is 6. The Bertz CT molecular complexity index is 451. The molecule has 18 heavy (non-hydrogen) atoms. The quantitative estimate of drug-likeness (QED) is 0.472. The zero-order chi connectivity index (χ0) is 13.5. The van der Waals surface area contributed by atoms with Gasteiger partial charge in [-0.15, -0.1) is 0 Å². The maximum atomic E-state index is 11.6. The topological polar surface area (TPSA) is 84.3 Å². The number of nitro benzene ring substituents is 1. The normalized spacial score (nSPS) is 10.1. The van der Waals surface area contributed by atoms with Crippen LogP contribution in [0.4, 0.5) is 11.4 Å². The van der Waals surface area contributed by atoms with Crippen molar-refractivity contribution in [2.75, 3.05) is 18.9 Å². The Labute approximate surface area is 109 Å². The Hall–Kier alpha value is -1.66. The summed E-state index contributed by atoms with van der Waals surface area (Å²) in [5.41, 5.74) is -0.0386. The minimum Gasteiger partial charge on any atom is -0.320 e. The van der Waals surface area contributed by atoms with Crippen molar-refractivity contribution in [1.82, 2.24) is 5.32 Å². The van der Waals surface area contributed by atoms with Crippen molar-refractivity contribution in [3.05, 3.63) is 33.3 Å². The molecule has 98 valence electrons. The molecule has 0 saturated heterocycles. The SMILES string of the molecule is CNCCCC(=O)Nc1ccc(Cl)cc1[N+](=O)[O-]. The molecular weight excluding hydrogens is 258 g/mol. The van der Waals surface area contributed by atoms with Crippen LogP contribution in [0.25, 0.3) is 0 Å². The van der Waals surface area contributed by atoms with Crippen LogP contribution in [0.2, 0.25) is 5.02 Å². The van der Waals surface area contributed by atoms with Crippen LogP contribution in [0.15, 0.2) is 18.2 Å². The van der Waals surface area contributed by atoms with E-state index in [1.54, 1.807) is 7.05 Å². The lowest BCUT2D eigenvalue weighted by molar-refractivity contribution is -0.383. The summed E-state index contributed by atoms with van der Waals surface area (Å²) in [5, 5.41) is 16.5. The van der Waals surface area contributed by atoms with E-state index in [4.69, 9.17) is 11.6 Å². The molecule has 0 fully saturated rings. The minimum atomic E-state index is -0.574. The van der Waals surface area contributed by atoms with Crippen LogP contribution >= 0.6 is 11.6 Å². The third-order valence-corrected chi connectivity index (χ3v) is 2.50. The second-order valence-electron chi connectivity index (χ2n) is 3.67. The van der Waals surface area contributed by atoms with Crippen LogP contribution < -0.4 is 10.6 Å². The highest BCUT2D eigenvalue weighted by Gasteiger charge is 2.16. The van der Waals surface area contributed by atoms with Gasteiger partial charge in [0.2, 0.25) is 5.91 Å². The van der Waals surface area contributed by atoms with Gasteiger partial charge < -0.3 is 10.6 Å². The van der Waals surface area contributed by atoms with E-state index in [0.717, 1.165) is 6.54 Å². The van der Waals surface area contributed by atoms with Crippen molar-refractivity contribution in [3.63, 3.8) is 0 Å². The van der Waals surface area contributed by atoms with Crippen molar-refractivity contribution in [2.45, 2.75) is 12.8 Å². The first-order chi connectivity index (χ1) is 8.54. The van der Waals surface area contributed by atoms with Gasteiger partial charge in [0.25, 0.3) is 5.69 Å².